The Labute approximate surface area is 188 Å². The summed E-state index contributed by atoms with van der Waals surface area (Å²) in [4.78, 5) is 13.0. The van der Waals surface area contributed by atoms with E-state index in [4.69, 9.17) is 16.3 Å². The molecule has 0 spiro atoms. The van der Waals surface area contributed by atoms with Crippen molar-refractivity contribution in [2.75, 3.05) is 6.54 Å². The first-order chi connectivity index (χ1) is 14.8. The molecular weight excluding hydrogens is 413 g/mol. The number of ether oxygens (including phenoxy) is 1. The van der Waals surface area contributed by atoms with Gasteiger partial charge in [0.15, 0.2) is 5.60 Å². The lowest BCUT2D eigenvalue weighted by Crippen LogP contribution is -2.47. The average molecular weight is 440 g/mol. The van der Waals surface area contributed by atoms with Crippen LogP contribution in [-0.2, 0) is 4.79 Å². The maximum atomic E-state index is 13.2. The fraction of sp³-hybridized carbons (Fsp3) is 0.269. The third kappa shape index (κ3) is 5.86. The van der Waals surface area contributed by atoms with Gasteiger partial charge in [-0.2, -0.15) is 0 Å². The number of nitrogens with one attached hydrogen (secondary N) is 1. The van der Waals surface area contributed by atoms with Crippen LogP contribution in [0.15, 0.2) is 78.9 Å². The normalized spacial score (nSPS) is 13.3. The fourth-order valence-electron chi connectivity index (χ4n) is 3.58. The Morgan fingerprint density at radius 2 is 1.61 bits per heavy atom. The smallest absolute Gasteiger partial charge is 0.263 e. The summed E-state index contributed by atoms with van der Waals surface area (Å²) in [5, 5.41) is 3.71. The molecule has 0 aliphatic heterocycles. The lowest BCUT2D eigenvalue weighted by molar-refractivity contribution is -0.134. The van der Waals surface area contributed by atoms with Crippen molar-refractivity contribution >= 4 is 17.5 Å². The number of benzene rings is 3. The minimum absolute atomic E-state index is 0.0262. The van der Waals surface area contributed by atoms with E-state index < -0.39 is 5.60 Å². The van der Waals surface area contributed by atoms with Gasteiger partial charge in [0, 0.05) is 17.5 Å². The average Bonchev–Trinajstić information content (AvgIpc) is 2.76. The van der Waals surface area contributed by atoms with Gasteiger partial charge in [-0.05, 0) is 61.2 Å². The SMILES string of the molecule is CC(c1ccccc1)C(CNC(=O)C(C)(C)Oc1ccc(F)cc1)c1ccccc1Cl. The maximum Gasteiger partial charge on any atom is 0.263 e. The van der Waals surface area contributed by atoms with Crippen molar-refractivity contribution in [3.63, 3.8) is 0 Å². The first-order valence-electron chi connectivity index (χ1n) is 10.3. The third-order valence-electron chi connectivity index (χ3n) is 5.45. The molecule has 162 valence electrons. The van der Waals surface area contributed by atoms with Crippen LogP contribution in [0.5, 0.6) is 5.75 Å². The van der Waals surface area contributed by atoms with Crippen molar-refractivity contribution in [2.24, 2.45) is 0 Å². The highest BCUT2D eigenvalue weighted by Crippen LogP contribution is 2.36. The molecule has 0 radical (unpaired) electrons. The van der Waals surface area contributed by atoms with E-state index in [2.05, 4.69) is 24.4 Å². The molecule has 2 atom stereocenters. The van der Waals surface area contributed by atoms with Crippen molar-refractivity contribution in [3.05, 3.63) is 101 Å². The molecule has 1 N–H and O–H groups in total. The summed E-state index contributed by atoms with van der Waals surface area (Å²) in [7, 11) is 0. The lowest BCUT2D eigenvalue weighted by atomic mass is 9.82. The minimum atomic E-state index is -1.13. The summed E-state index contributed by atoms with van der Waals surface area (Å²) < 4.78 is 19.0. The number of hydrogen-bond acceptors (Lipinski definition) is 2. The Hall–Kier alpha value is -2.85. The summed E-state index contributed by atoms with van der Waals surface area (Å²) in [5.74, 6) is -0.0766. The molecule has 3 rings (SSSR count). The monoisotopic (exact) mass is 439 g/mol. The van der Waals surface area contributed by atoms with Crippen LogP contribution >= 0.6 is 11.6 Å². The molecule has 0 saturated carbocycles. The highest BCUT2D eigenvalue weighted by atomic mass is 35.5. The van der Waals surface area contributed by atoms with Crippen LogP contribution in [-0.4, -0.2) is 18.1 Å². The molecule has 5 heteroatoms. The number of hydrogen-bond donors (Lipinski definition) is 1. The predicted molar refractivity (Wildman–Crippen MR) is 123 cm³/mol. The Bertz CT molecular complexity index is 1010. The molecule has 1 amide bonds. The standard InChI is InChI=1S/C26H27ClFNO2/c1-18(19-9-5-4-6-10-19)23(22-11-7-8-12-24(22)27)17-29-25(30)26(2,3)31-21-15-13-20(28)14-16-21/h4-16,18,23H,17H2,1-3H3,(H,29,30). The van der Waals surface area contributed by atoms with Crippen molar-refractivity contribution < 1.29 is 13.9 Å². The van der Waals surface area contributed by atoms with E-state index in [1.807, 2.05) is 42.5 Å². The summed E-state index contributed by atoms with van der Waals surface area (Å²) in [5.41, 5.74) is 1.03. The van der Waals surface area contributed by atoms with E-state index in [0.717, 1.165) is 5.56 Å². The third-order valence-corrected chi connectivity index (χ3v) is 5.79. The van der Waals surface area contributed by atoms with Crippen LogP contribution in [0.3, 0.4) is 0 Å². The first-order valence-corrected chi connectivity index (χ1v) is 10.7. The molecule has 0 fully saturated rings. The van der Waals surface area contributed by atoms with Gasteiger partial charge in [0.2, 0.25) is 0 Å². The first kappa shape index (κ1) is 22.8. The number of amides is 1. The number of rotatable bonds is 8. The van der Waals surface area contributed by atoms with E-state index in [9.17, 15) is 9.18 Å². The molecule has 3 aromatic rings. The molecule has 3 nitrogen and oxygen atoms in total. The predicted octanol–water partition coefficient (Wildman–Crippen LogP) is 6.34. The van der Waals surface area contributed by atoms with Crippen molar-refractivity contribution in [1.82, 2.24) is 5.32 Å². The van der Waals surface area contributed by atoms with Gasteiger partial charge < -0.3 is 10.1 Å². The van der Waals surface area contributed by atoms with Crippen LogP contribution in [0.25, 0.3) is 0 Å². The summed E-state index contributed by atoms with van der Waals surface area (Å²) >= 11 is 6.51. The van der Waals surface area contributed by atoms with Gasteiger partial charge in [0.1, 0.15) is 11.6 Å². The van der Waals surface area contributed by atoms with Gasteiger partial charge in [-0.15, -0.1) is 0 Å². The molecule has 31 heavy (non-hydrogen) atoms. The van der Waals surface area contributed by atoms with E-state index >= 15 is 0 Å². The van der Waals surface area contributed by atoms with Gasteiger partial charge in [-0.3, -0.25) is 4.79 Å². The zero-order chi connectivity index (χ0) is 22.4. The molecule has 0 saturated heterocycles. The molecule has 0 aliphatic rings. The van der Waals surface area contributed by atoms with Gasteiger partial charge in [-0.25, -0.2) is 4.39 Å². The zero-order valence-corrected chi connectivity index (χ0v) is 18.7. The molecule has 0 aliphatic carbocycles. The van der Waals surface area contributed by atoms with Gasteiger partial charge >= 0.3 is 0 Å². The number of carbonyl (C=O) groups is 1. The van der Waals surface area contributed by atoms with Crippen molar-refractivity contribution in [1.29, 1.82) is 0 Å². The van der Waals surface area contributed by atoms with Gasteiger partial charge in [0.05, 0.1) is 0 Å². The summed E-state index contributed by atoms with van der Waals surface area (Å²) in [6.45, 7) is 5.91. The topological polar surface area (TPSA) is 38.3 Å². The molecule has 3 aromatic carbocycles. The second-order valence-electron chi connectivity index (χ2n) is 8.10. The molecule has 0 aromatic heterocycles. The minimum Gasteiger partial charge on any atom is -0.478 e. The van der Waals surface area contributed by atoms with E-state index in [-0.39, 0.29) is 23.6 Å². The lowest BCUT2D eigenvalue weighted by Gasteiger charge is -2.29. The number of carbonyl (C=O) groups excluding carboxylic acids is 1. The zero-order valence-electron chi connectivity index (χ0n) is 17.9. The molecule has 0 heterocycles. The largest absolute Gasteiger partial charge is 0.478 e. The van der Waals surface area contributed by atoms with Crippen molar-refractivity contribution in [2.45, 2.75) is 38.2 Å². The van der Waals surface area contributed by atoms with E-state index in [1.54, 1.807) is 13.8 Å². The van der Waals surface area contributed by atoms with Crippen LogP contribution in [0.2, 0.25) is 5.02 Å². The Kier molecular flexibility index (Phi) is 7.34. The van der Waals surface area contributed by atoms with Gasteiger partial charge in [-0.1, -0.05) is 67.1 Å². The molecular formula is C26H27ClFNO2. The van der Waals surface area contributed by atoms with Crippen LogP contribution in [0, 0.1) is 5.82 Å². The van der Waals surface area contributed by atoms with Crippen molar-refractivity contribution in [3.8, 4) is 5.75 Å². The fourth-order valence-corrected chi connectivity index (χ4v) is 3.86. The highest BCUT2D eigenvalue weighted by molar-refractivity contribution is 6.31. The second-order valence-corrected chi connectivity index (χ2v) is 8.51. The molecule has 0 bridgehead atoms. The Balaban J connectivity index is 1.77. The maximum absolute atomic E-state index is 13.2. The van der Waals surface area contributed by atoms with E-state index in [0.29, 0.717) is 17.3 Å². The Morgan fingerprint density at radius 3 is 2.26 bits per heavy atom. The quantitative estimate of drug-likeness (QED) is 0.444. The summed E-state index contributed by atoms with van der Waals surface area (Å²) in [6.07, 6.45) is 0. The summed E-state index contributed by atoms with van der Waals surface area (Å²) in [6, 6.07) is 23.5. The van der Waals surface area contributed by atoms with Gasteiger partial charge in [0.25, 0.3) is 5.91 Å². The van der Waals surface area contributed by atoms with Crippen LogP contribution < -0.4 is 10.1 Å². The second kappa shape index (κ2) is 9.97. The number of halogens is 2. The Morgan fingerprint density at radius 1 is 1.00 bits per heavy atom. The van der Waals surface area contributed by atoms with Crippen LogP contribution in [0.1, 0.15) is 43.7 Å². The van der Waals surface area contributed by atoms with E-state index in [1.165, 1.54) is 29.8 Å². The van der Waals surface area contributed by atoms with Crippen LogP contribution in [0.4, 0.5) is 4.39 Å². The highest BCUT2D eigenvalue weighted by Gasteiger charge is 2.32. The molecule has 2 unspecified atom stereocenters.